The van der Waals surface area contributed by atoms with Crippen LogP contribution in [-0.4, -0.2) is 10.3 Å². The standard InChI is InChI=1S/C20H42I2Te/c1-3-5-7-9-11-13-15-17-19-23(21,22)20-18-16-14-12-10-8-6-4-2/h3-20H2,1-2H3. The van der Waals surface area contributed by atoms with Crippen molar-refractivity contribution in [1.29, 1.82) is 0 Å². The summed E-state index contributed by atoms with van der Waals surface area (Å²) in [5.74, 6) is 0. The summed E-state index contributed by atoms with van der Waals surface area (Å²) in [5.41, 5.74) is 0. The third kappa shape index (κ3) is 20.4. The summed E-state index contributed by atoms with van der Waals surface area (Å²) in [6, 6.07) is 0. The molecule has 0 unspecified atom stereocenters. The molecule has 142 valence electrons. The molecule has 0 nitrogen and oxygen atoms in total. The zero-order valence-electron chi connectivity index (χ0n) is 15.9. The summed E-state index contributed by atoms with van der Waals surface area (Å²) in [7, 11) is -1.46. The average Bonchev–Trinajstić information content (AvgIpc) is 2.52. The van der Waals surface area contributed by atoms with Crippen LogP contribution in [0.15, 0.2) is 0 Å². The van der Waals surface area contributed by atoms with E-state index in [2.05, 4.69) is 51.2 Å². The summed E-state index contributed by atoms with van der Waals surface area (Å²) in [4.78, 5) is 0. The molecule has 0 aromatic heterocycles. The van der Waals surface area contributed by atoms with Gasteiger partial charge >= 0.3 is 173 Å². The Kier molecular flexibility index (Phi) is 20.9. The molecule has 0 aromatic carbocycles. The van der Waals surface area contributed by atoms with Gasteiger partial charge in [-0.3, -0.25) is 0 Å². The topological polar surface area (TPSA) is 0 Å². The average molecular weight is 664 g/mol. The van der Waals surface area contributed by atoms with Gasteiger partial charge in [0.15, 0.2) is 0 Å². The van der Waals surface area contributed by atoms with Crippen LogP contribution in [0.25, 0.3) is 0 Å². The van der Waals surface area contributed by atoms with E-state index in [-0.39, 0.29) is 0 Å². The summed E-state index contributed by atoms with van der Waals surface area (Å²) < 4.78 is 3.21. The minimum atomic E-state index is -1.46. The zero-order valence-corrected chi connectivity index (χ0v) is 22.5. The number of hydrogen-bond acceptors (Lipinski definition) is 0. The molecule has 0 rings (SSSR count). The van der Waals surface area contributed by atoms with Crippen LogP contribution >= 0.6 is 37.4 Å². The SMILES string of the molecule is CCCCCCCCCC[Te](I)(I)CCCCCCCCCC. The molecule has 3 heteroatoms. The molecule has 0 saturated heterocycles. The van der Waals surface area contributed by atoms with Gasteiger partial charge in [0.1, 0.15) is 0 Å². The predicted molar refractivity (Wildman–Crippen MR) is 129 cm³/mol. The molecular formula is C20H42I2Te. The van der Waals surface area contributed by atoms with Crippen LogP contribution in [0, 0.1) is 0 Å². The second-order valence-electron chi connectivity index (χ2n) is 7.06. The van der Waals surface area contributed by atoms with E-state index in [1.54, 1.807) is 8.94 Å². The predicted octanol–water partition coefficient (Wildman–Crippen LogP) is 9.58. The fraction of sp³-hybridized carbons (Fsp3) is 1.00. The molecule has 0 amide bonds. The molecule has 23 heavy (non-hydrogen) atoms. The fourth-order valence-electron chi connectivity index (χ4n) is 3.00. The summed E-state index contributed by atoms with van der Waals surface area (Å²) in [6.45, 7) is 4.61. The van der Waals surface area contributed by atoms with Crippen molar-refractivity contribution in [1.82, 2.24) is 0 Å². The van der Waals surface area contributed by atoms with Gasteiger partial charge in [-0.05, 0) is 0 Å². The summed E-state index contributed by atoms with van der Waals surface area (Å²) in [5, 5.41) is 0. The van der Waals surface area contributed by atoms with Crippen LogP contribution in [0.2, 0.25) is 8.94 Å². The van der Waals surface area contributed by atoms with Gasteiger partial charge in [-0.15, -0.1) is 0 Å². The Balaban J connectivity index is 3.33. The van der Waals surface area contributed by atoms with Crippen LogP contribution in [0.4, 0.5) is 0 Å². The Bertz CT molecular complexity index is 210. The van der Waals surface area contributed by atoms with Gasteiger partial charge in [-0.2, -0.15) is 0 Å². The van der Waals surface area contributed by atoms with Crippen LogP contribution < -0.4 is 0 Å². The van der Waals surface area contributed by atoms with Crippen molar-refractivity contribution in [3.63, 3.8) is 0 Å². The molecule has 0 atom stereocenters. The molecule has 0 aliphatic heterocycles. The number of unbranched alkanes of at least 4 members (excludes halogenated alkanes) is 14. The van der Waals surface area contributed by atoms with E-state index in [1.165, 1.54) is 103 Å². The number of rotatable bonds is 18. The van der Waals surface area contributed by atoms with Crippen molar-refractivity contribution >= 4 is 47.7 Å². The molecule has 0 bridgehead atoms. The fourth-order valence-corrected chi connectivity index (χ4v) is 15.5. The maximum absolute atomic E-state index is 2.91. The molecule has 0 aliphatic rings. The van der Waals surface area contributed by atoms with E-state index in [4.69, 9.17) is 0 Å². The Hall–Kier alpha value is 2.25. The van der Waals surface area contributed by atoms with Gasteiger partial charge in [0.25, 0.3) is 0 Å². The third-order valence-electron chi connectivity index (χ3n) is 4.59. The Morgan fingerprint density at radius 3 is 1.00 bits per heavy atom. The minimum absolute atomic E-state index is 1.37. The first-order valence-electron chi connectivity index (χ1n) is 10.3. The monoisotopic (exact) mass is 666 g/mol. The van der Waals surface area contributed by atoms with Crippen molar-refractivity contribution in [2.45, 2.75) is 126 Å². The van der Waals surface area contributed by atoms with E-state index in [9.17, 15) is 0 Å². The first-order chi connectivity index (χ1) is 11.1. The van der Waals surface area contributed by atoms with Gasteiger partial charge in [0.2, 0.25) is 0 Å². The zero-order chi connectivity index (χ0) is 17.2. The molecular weight excluding hydrogens is 622 g/mol. The van der Waals surface area contributed by atoms with Gasteiger partial charge < -0.3 is 0 Å². The van der Waals surface area contributed by atoms with E-state index in [1.807, 2.05) is 0 Å². The molecule has 0 fully saturated rings. The molecule has 0 aliphatic carbocycles. The van der Waals surface area contributed by atoms with E-state index >= 15 is 0 Å². The molecule has 0 spiro atoms. The third-order valence-corrected chi connectivity index (χ3v) is 21.5. The molecule has 0 N–H and O–H groups in total. The van der Waals surface area contributed by atoms with Crippen molar-refractivity contribution in [2.24, 2.45) is 0 Å². The normalized spacial score (nSPS) is 12.7. The van der Waals surface area contributed by atoms with E-state index in [0.29, 0.717) is 0 Å². The quantitative estimate of drug-likeness (QED) is 0.0779. The van der Waals surface area contributed by atoms with Gasteiger partial charge in [-0.1, -0.05) is 0 Å². The number of halogens is 2. The summed E-state index contributed by atoms with van der Waals surface area (Å²) >= 11 is 5.82. The number of hydrogen-bond donors (Lipinski definition) is 0. The molecule has 0 radical (unpaired) electrons. The van der Waals surface area contributed by atoms with Gasteiger partial charge in [0, 0.05) is 0 Å². The first-order valence-corrected chi connectivity index (χ1v) is 27.2. The van der Waals surface area contributed by atoms with Crippen molar-refractivity contribution < 1.29 is 0 Å². The van der Waals surface area contributed by atoms with Gasteiger partial charge in [0.05, 0.1) is 0 Å². The Morgan fingerprint density at radius 1 is 0.435 bits per heavy atom. The second kappa shape index (κ2) is 19.0. The van der Waals surface area contributed by atoms with Crippen molar-refractivity contribution in [3.8, 4) is 0 Å². The van der Waals surface area contributed by atoms with Gasteiger partial charge in [-0.25, -0.2) is 0 Å². The Morgan fingerprint density at radius 2 is 0.696 bits per heavy atom. The second-order valence-corrected chi connectivity index (χ2v) is 47.3. The van der Waals surface area contributed by atoms with E-state index in [0.717, 1.165) is 0 Å². The maximum atomic E-state index is 2.91. The van der Waals surface area contributed by atoms with Crippen molar-refractivity contribution in [3.05, 3.63) is 0 Å². The van der Waals surface area contributed by atoms with Crippen LogP contribution in [0.5, 0.6) is 0 Å². The van der Waals surface area contributed by atoms with Crippen LogP contribution in [0.1, 0.15) is 117 Å². The summed E-state index contributed by atoms with van der Waals surface area (Å²) in [6.07, 6.45) is 23.5. The van der Waals surface area contributed by atoms with Crippen LogP contribution in [-0.2, 0) is 0 Å². The van der Waals surface area contributed by atoms with Crippen LogP contribution in [0.3, 0.4) is 0 Å². The Labute approximate surface area is 171 Å². The molecule has 0 heterocycles. The van der Waals surface area contributed by atoms with Crippen molar-refractivity contribution in [2.75, 3.05) is 0 Å². The molecule has 0 aromatic rings. The first kappa shape index (κ1) is 25.2. The van der Waals surface area contributed by atoms with E-state index < -0.39 is 10.3 Å². The molecule has 0 saturated carbocycles.